The van der Waals surface area contributed by atoms with Crippen LogP contribution in [0.2, 0.25) is 0 Å². The van der Waals surface area contributed by atoms with E-state index < -0.39 is 14.9 Å². The molecule has 3 aliphatic rings. The van der Waals surface area contributed by atoms with Crippen LogP contribution in [0, 0.1) is 10.1 Å². The van der Waals surface area contributed by atoms with Crippen LogP contribution in [0.4, 0.5) is 11.4 Å². The van der Waals surface area contributed by atoms with E-state index in [1.54, 1.807) is 12.1 Å². The predicted molar refractivity (Wildman–Crippen MR) is 126 cm³/mol. The first-order valence-electron chi connectivity index (χ1n) is 12.1. The first-order valence-corrected chi connectivity index (χ1v) is 13.5. The van der Waals surface area contributed by atoms with Crippen LogP contribution in [0.3, 0.4) is 0 Å². The molecular weight excluding hydrogens is 428 g/mol. The average molecular weight is 465 g/mol. The molecule has 32 heavy (non-hydrogen) atoms. The van der Waals surface area contributed by atoms with E-state index in [-0.39, 0.29) is 10.6 Å². The third kappa shape index (κ3) is 4.65. The van der Waals surface area contributed by atoms with Crippen molar-refractivity contribution in [1.82, 2.24) is 9.21 Å². The van der Waals surface area contributed by atoms with Gasteiger partial charge in [0.2, 0.25) is 10.0 Å². The van der Waals surface area contributed by atoms with Crippen molar-refractivity contribution >= 4 is 21.4 Å². The summed E-state index contributed by atoms with van der Waals surface area (Å²) in [7, 11) is -3.73. The molecule has 3 fully saturated rings. The van der Waals surface area contributed by atoms with E-state index in [4.69, 9.17) is 0 Å². The molecule has 1 aromatic carbocycles. The van der Waals surface area contributed by atoms with E-state index in [9.17, 15) is 18.5 Å². The summed E-state index contributed by atoms with van der Waals surface area (Å²) in [6, 6.07) is 5.93. The summed E-state index contributed by atoms with van der Waals surface area (Å²) in [6.45, 7) is 7.01. The van der Waals surface area contributed by atoms with Gasteiger partial charge in [-0.15, -0.1) is 0 Å². The summed E-state index contributed by atoms with van der Waals surface area (Å²) in [4.78, 5) is 16.2. The highest BCUT2D eigenvalue weighted by Crippen LogP contribution is 2.36. The lowest BCUT2D eigenvalue weighted by molar-refractivity contribution is -0.384. The van der Waals surface area contributed by atoms with E-state index in [2.05, 4.69) is 23.6 Å². The average Bonchev–Trinajstić information content (AvgIpc) is 2.97. The van der Waals surface area contributed by atoms with Crippen LogP contribution >= 0.6 is 0 Å². The molecule has 0 aromatic heterocycles. The van der Waals surface area contributed by atoms with Gasteiger partial charge < -0.3 is 4.90 Å². The normalized spacial score (nSPS) is 28.6. The third-order valence-corrected chi connectivity index (χ3v) is 9.42. The van der Waals surface area contributed by atoms with Crippen LogP contribution < -0.4 is 4.90 Å². The zero-order valence-electron chi connectivity index (χ0n) is 19.3. The molecular formula is C23H36N4O4S. The summed E-state index contributed by atoms with van der Waals surface area (Å²) < 4.78 is 27.9. The minimum Gasteiger partial charge on any atom is -0.364 e. The largest absolute Gasteiger partial charge is 0.364 e. The highest BCUT2D eigenvalue weighted by Gasteiger charge is 2.37. The molecule has 0 unspecified atom stereocenters. The molecule has 0 aliphatic carbocycles. The minimum atomic E-state index is -3.73. The van der Waals surface area contributed by atoms with Crippen LogP contribution in [-0.2, 0) is 10.0 Å². The summed E-state index contributed by atoms with van der Waals surface area (Å²) in [5.74, 6) is 0. The van der Waals surface area contributed by atoms with Gasteiger partial charge in [0.1, 0.15) is 5.69 Å². The highest BCUT2D eigenvalue weighted by molar-refractivity contribution is 7.89. The number of benzene rings is 1. The maximum absolute atomic E-state index is 13.2. The highest BCUT2D eigenvalue weighted by atomic mass is 32.2. The Balaban J connectivity index is 1.60. The zero-order chi connectivity index (χ0) is 22.9. The van der Waals surface area contributed by atoms with Crippen molar-refractivity contribution in [1.29, 1.82) is 0 Å². The second-order valence-electron chi connectivity index (χ2n) is 9.69. The first-order chi connectivity index (χ1) is 15.3. The lowest BCUT2D eigenvalue weighted by atomic mass is 10.0. The smallest absolute Gasteiger partial charge is 0.293 e. The van der Waals surface area contributed by atoms with Gasteiger partial charge in [-0.3, -0.25) is 15.0 Å². The molecule has 3 saturated heterocycles. The van der Waals surface area contributed by atoms with Gasteiger partial charge in [-0.2, -0.15) is 4.31 Å². The van der Waals surface area contributed by atoms with Gasteiger partial charge in [0, 0.05) is 50.4 Å². The van der Waals surface area contributed by atoms with E-state index in [0.717, 1.165) is 51.6 Å². The van der Waals surface area contributed by atoms with Crippen molar-refractivity contribution < 1.29 is 13.3 Å². The molecule has 3 aliphatic heterocycles. The molecule has 0 amide bonds. The molecule has 8 nitrogen and oxygen atoms in total. The lowest BCUT2D eigenvalue weighted by Crippen LogP contribution is -2.51. The van der Waals surface area contributed by atoms with Gasteiger partial charge in [-0.05, 0) is 64.5 Å². The fourth-order valence-electron chi connectivity index (χ4n) is 5.86. The van der Waals surface area contributed by atoms with Gasteiger partial charge in [0.25, 0.3) is 5.69 Å². The van der Waals surface area contributed by atoms with Gasteiger partial charge in [0.15, 0.2) is 0 Å². The molecule has 0 saturated carbocycles. The number of nitrogens with zero attached hydrogens (tertiary/aromatic N) is 4. The first kappa shape index (κ1) is 23.4. The Morgan fingerprint density at radius 2 is 1.59 bits per heavy atom. The SMILES string of the molecule is C[C@@H]1CC[C@H](C)N1[C@@H]1CCCN(c2ccc(S(=O)(=O)N3CCCCCC3)cc2[N+](=O)[O-])C1. The minimum absolute atomic E-state index is 0.0326. The van der Waals surface area contributed by atoms with Crippen LogP contribution in [0.25, 0.3) is 0 Å². The Labute approximate surface area is 191 Å². The van der Waals surface area contributed by atoms with Gasteiger partial charge in [-0.25, -0.2) is 8.42 Å². The van der Waals surface area contributed by atoms with Crippen LogP contribution in [0.5, 0.6) is 0 Å². The summed E-state index contributed by atoms with van der Waals surface area (Å²) >= 11 is 0. The lowest BCUT2D eigenvalue weighted by Gasteiger charge is -2.42. The van der Waals surface area contributed by atoms with E-state index in [1.807, 2.05) is 0 Å². The number of hydrogen-bond donors (Lipinski definition) is 0. The zero-order valence-corrected chi connectivity index (χ0v) is 20.1. The van der Waals surface area contributed by atoms with Crippen LogP contribution in [0.1, 0.15) is 65.2 Å². The predicted octanol–water partition coefficient (Wildman–Crippen LogP) is 4.00. The topological polar surface area (TPSA) is 87.0 Å². The van der Waals surface area contributed by atoms with Gasteiger partial charge >= 0.3 is 0 Å². The quantitative estimate of drug-likeness (QED) is 0.483. The van der Waals surface area contributed by atoms with Crippen LogP contribution in [-0.4, -0.2) is 66.9 Å². The molecule has 3 heterocycles. The number of sulfonamides is 1. The number of likely N-dealkylation sites (tertiary alicyclic amines) is 1. The van der Waals surface area contributed by atoms with E-state index in [1.165, 1.54) is 23.2 Å². The molecule has 178 valence electrons. The number of nitro benzene ring substituents is 1. The van der Waals surface area contributed by atoms with Crippen molar-refractivity contribution in [2.24, 2.45) is 0 Å². The molecule has 3 atom stereocenters. The maximum Gasteiger partial charge on any atom is 0.293 e. The Kier molecular flexibility index (Phi) is 7.07. The monoisotopic (exact) mass is 464 g/mol. The molecule has 4 rings (SSSR count). The number of rotatable bonds is 5. The van der Waals surface area contributed by atoms with Crippen molar-refractivity contribution in [2.75, 3.05) is 31.1 Å². The Bertz CT molecular complexity index is 920. The molecule has 0 spiro atoms. The van der Waals surface area contributed by atoms with Crippen LogP contribution in [0.15, 0.2) is 23.1 Å². The van der Waals surface area contributed by atoms with Crippen molar-refractivity contribution in [3.63, 3.8) is 0 Å². The number of nitro groups is 1. The number of piperidine rings is 1. The fraction of sp³-hybridized carbons (Fsp3) is 0.739. The number of anilines is 1. The summed E-state index contributed by atoms with van der Waals surface area (Å²) in [6.07, 6.45) is 8.18. The maximum atomic E-state index is 13.2. The van der Waals surface area contributed by atoms with E-state index >= 15 is 0 Å². The van der Waals surface area contributed by atoms with Gasteiger partial charge in [-0.1, -0.05) is 12.8 Å². The summed E-state index contributed by atoms with van der Waals surface area (Å²) in [5.41, 5.74) is 0.429. The van der Waals surface area contributed by atoms with Crippen molar-refractivity contribution in [3.8, 4) is 0 Å². The fourth-order valence-corrected chi connectivity index (χ4v) is 7.40. The second kappa shape index (κ2) is 9.65. The molecule has 0 N–H and O–H groups in total. The number of hydrogen-bond acceptors (Lipinski definition) is 6. The molecule has 0 radical (unpaired) electrons. The molecule has 9 heteroatoms. The van der Waals surface area contributed by atoms with Crippen molar-refractivity contribution in [3.05, 3.63) is 28.3 Å². The Morgan fingerprint density at radius 1 is 0.938 bits per heavy atom. The Hall–Kier alpha value is -1.71. The van der Waals surface area contributed by atoms with Gasteiger partial charge in [0.05, 0.1) is 9.82 Å². The third-order valence-electron chi connectivity index (χ3n) is 7.53. The Morgan fingerprint density at radius 3 is 2.22 bits per heavy atom. The standard InChI is InChI=1S/C23H36N4O4S/c1-18-9-10-19(2)26(18)20-8-7-13-24(17-20)22-12-11-21(16-23(22)27(28)29)32(30,31)25-14-5-3-4-6-15-25/h11-12,16,18-20H,3-10,13-15,17H2,1-2H3/t18-,19+,20-/m1/s1. The van der Waals surface area contributed by atoms with Crippen molar-refractivity contribution in [2.45, 2.75) is 88.2 Å². The summed E-state index contributed by atoms with van der Waals surface area (Å²) in [5, 5.41) is 12.0. The van der Waals surface area contributed by atoms with E-state index in [0.29, 0.717) is 36.9 Å². The second-order valence-corrected chi connectivity index (χ2v) is 11.6. The molecule has 1 aromatic rings. The molecule has 0 bridgehead atoms.